The van der Waals surface area contributed by atoms with Crippen LogP contribution in [0.3, 0.4) is 0 Å². The Hall–Kier alpha value is -1.77. The second kappa shape index (κ2) is 6.09. The molecule has 0 heterocycles. The fraction of sp³-hybridized carbons (Fsp3) is 0.357. The monoisotopic (exact) mass is 233 g/mol. The van der Waals surface area contributed by atoms with Crippen LogP contribution in [0.1, 0.15) is 32.4 Å². The molecule has 0 aliphatic rings. The van der Waals surface area contributed by atoms with Gasteiger partial charge in [-0.15, -0.1) is 0 Å². The van der Waals surface area contributed by atoms with Crippen LogP contribution in [-0.2, 0) is 4.79 Å². The molecule has 1 aromatic rings. The van der Waals surface area contributed by atoms with Gasteiger partial charge in [0.25, 0.3) is 0 Å². The molecule has 1 atom stereocenters. The number of hydrogen-bond acceptors (Lipinski definition) is 2. The van der Waals surface area contributed by atoms with Gasteiger partial charge in [0.05, 0.1) is 12.1 Å². The molecular weight excluding hydrogens is 214 g/mol. The Bertz CT molecular complexity index is 399. The van der Waals surface area contributed by atoms with E-state index in [1.165, 1.54) is 6.08 Å². The van der Waals surface area contributed by atoms with Crippen molar-refractivity contribution in [3.63, 3.8) is 0 Å². The van der Waals surface area contributed by atoms with Gasteiger partial charge in [-0.1, -0.05) is 24.8 Å². The van der Waals surface area contributed by atoms with Gasteiger partial charge in [0.1, 0.15) is 5.75 Å². The van der Waals surface area contributed by atoms with Crippen molar-refractivity contribution in [3.05, 3.63) is 42.5 Å². The number of rotatable bonds is 5. The molecule has 0 unspecified atom stereocenters. The van der Waals surface area contributed by atoms with Crippen LogP contribution in [0, 0.1) is 0 Å². The quantitative estimate of drug-likeness (QED) is 0.794. The highest BCUT2D eigenvalue weighted by atomic mass is 16.5. The molecule has 0 bridgehead atoms. The van der Waals surface area contributed by atoms with E-state index in [2.05, 4.69) is 11.9 Å². The lowest BCUT2D eigenvalue weighted by Gasteiger charge is -2.19. The topological polar surface area (TPSA) is 38.3 Å². The highest BCUT2D eigenvalue weighted by Gasteiger charge is 2.13. The second-order valence-electron chi connectivity index (χ2n) is 4.14. The average Bonchev–Trinajstić information content (AvgIpc) is 2.28. The molecule has 1 rings (SSSR count). The summed E-state index contributed by atoms with van der Waals surface area (Å²) in [6, 6.07) is 7.61. The highest BCUT2D eigenvalue weighted by molar-refractivity contribution is 5.87. The first-order valence-corrected chi connectivity index (χ1v) is 5.73. The molecule has 0 aromatic heterocycles. The summed E-state index contributed by atoms with van der Waals surface area (Å²) in [5, 5.41) is 2.82. The van der Waals surface area contributed by atoms with Crippen LogP contribution in [0.2, 0.25) is 0 Å². The Morgan fingerprint density at radius 2 is 2.00 bits per heavy atom. The number of benzene rings is 1. The molecule has 0 aliphatic carbocycles. The van der Waals surface area contributed by atoms with Crippen LogP contribution < -0.4 is 10.1 Å². The van der Waals surface area contributed by atoms with Gasteiger partial charge >= 0.3 is 0 Å². The van der Waals surface area contributed by atoms with E-state index in [0.717, 1.165) is 11.3 Å². The fourth-order valence-corrected chi connectivity index (χ4v) is 1.55. The van der Waals surface area contributed by atoms with Gasteiger partial charge in [-0.05, 0) is 32.9 Å². The van der Waals surface area contributed by atoms with Gasteiger partial charge in [-0.2, -0.15) is 0 Å². The number of ether oxygens (including phenoxy) is 1. The van der Waals surface area contributed by atoms with Crippen molar-refractivity contribution in [2.45, 2.75) is 32.9 Å². The Balaban J connectivity index is 2.88. The van der Waals surface area contributed by atoms with Gasteiger partial charge in [0.15, 0.2) is 0 Å². The van der Waals surface area contributed by atoms with Crippen LogP contribution in [0.5, 0.6) is 5.75 Å². The predicted molar refractivity (Wildman–Crippen MR) is 69.0 cm³/mol. The molecule has 0 aliphatic heterocycles. The van der Waals surface area contributed by atoms with E-state index >= 15 is 0 Å². The number of carbonyl (C=O) groups excluding carboxylic acids is 1. The van der Waals surface area contributed by atoms with E-state index in [9.17, 15) is 4.79 Å². The minimum atomic E-state index is -0.183. The van der Waals surface area contributed by atoms with Crippen molar-refractivity contribution in [3.8, 4) is 5.75 Å². The fourth-order valence-electron chi connectivity index (χ4n) is 1.55. The number of para-hydroxylation sites is 1. The zero-order chi connectivity index (χ0) is 12.8. The number of amides is 1. The summed E-state index contributed by atoms with van der Waals surface area (Å²) in [4.78, 5) is 11.3. The van der Waals surface area contributed by atoms with Crippen LogP contribution in [0.15, 0.2) is 36.9 Å². The van der Waals surface area contributed by atoms with Crippen LogP contribution in [0.25, 0.3) is 0 Å². The van der Waals surface area contributed by atoms with Gasteiger partial charge < -0.3 is 10.1 Å². The van der Waals surface area contributed by atoms with Gasteiger partial charge in [0.2, 0.25) is 5.91 Å². The lowest BCUT2D eigenvalue weighted by Crippen LogP contribution is -2.25. The first kappa shape index (κ1) is 13.3. The van der Waals surface area contributed by atoms with E-state index in [4.69, 9.17) is 4.74 Å². The van der Waals surface area contributed by atoms with Crippen molar-refractivity contribution in [2.75, 3.05) is 0 Å². The first-order chi connectivity index (χ1) is 8.04. The molecule has 1 amide bonds. The molecule has 17 heavy (non-hydrogen) atoms. The third kappa shape index (κ3) is 3.94. The smallest absolute Gasteiger partial charge is 0.243 e. The Morgan fingerprint density at radius 1 is 1.35 bits per heavy atom. The second-order valence-corrected chi connectivity index (χ2v) is 4.14. The number of carbonyl (C=O) groups is 1. The molecule has 3 nitrogen and oxygen atoms in total. The van der Waals surface area contributed by atoms with Crippen LogP contribution in [-0.4, -0.2) is 12.0 Å². The molecular formula is C14H19NO2. The SMILES string of the molecule is C=CC(=O)N[C@H](C)c1ccccc1OC(C)C. The van der Waals surface area contributed by atoms with E-state index in [-0.39, 0.29) is 18.1 Å². The van der Waals surface area contributed by atoms with Crippen LogP contribution >= 0.6 is 0 Å². The standard InChI is InChI=1S/C14H19NO2/c1-5-14(16)15-11(4)12-8-6-7-9-13(12)17-10(2)3/h5-11H,1H2,2-4H3,(H,15,16)/t11-/m1/s1. The maximum absolute atomic E-state index is 11.3. The molecule has 1 N–H and O–H groups in total. The average molecular weight is 233 g/mol. The van der Waals surface area contributed by atoms with E-state index < -0.39 is 0 Å². The summed E-state index contributed by atoms with van der Waals surface area (Å²) in [6.45, 7) is 9.31. The summed E-state index contributed by atoms with van der Waals surface area (Å²) in [5.41, 5.74) is 0.969. The minimum absolute atomic E-state index is 0.101. The maximum atomic E-state index is 11.3. The summed E-state index contributed by atoms with van der Waals surface area (Å²) < 4.78 is 5.70. The van der Waals surface area contributed by atoms with Gasteiger partial charge in [0, 0.05) is 5.56 Å². The summed E-state index contributed by atoms with van der Waals surface area (Å²) in [5.74, 6) is 0.621. The van der Waals surface area contributed by atoms with Crippen molar-refractivity contribution >= 4 is 5.91 Å². The molecule has 0 saturated heterocycles. The van der Waals surface area contributed by atoms with E-state index in [0.29, 0.717) is 0 Å². The van der Waals surface area contributed by atoms with Crippen molar-refractivity contribution < 1.29 is 9.53 Å². The molecule has 92 valence electrons. The number of nitrogens with one attached hydrogen (secondary N) is 1. The van der Waals surface area contributed by atoms with Crippen molar-refractivity contribution in [1.29, 1.82) is 0 Å². The highest BCUT2D eigenvalue weighted by Crippen LogP contribution is 2.25. The summed E-state index contributed by atoms with van der Waals surface area (Å²) in [7, 11) is 0. The molecule has 0 fully saturated rings. The van der Waals surface area contributed by atoms with Crippen molar-refractivity contribution in [2.24, 2.45) is 0 Å². The number of hydrogen-bond donors (Lipinski definition) is 1. The molecule has 0 radical (unpaired) electrons. The normalized spacial score (nSPS) is 12.0. The zero-order valence-corrected chi connectivity index (χ0v) is 10.6. The third-order valence-electron chi connectivity index (χ3n) is 2.29. The minimum Gasteiger partial charge on any atom is -0.491 e. The van der Waals surface area contributed by atoms with Crippen molar-refractivity contribution in [1.82, 2.24) is 5.32 Å². The lowest BCUT2D eigenvalue weighted by atomic mass is 10.1. The van der Waals surface area contributed by atoms with Crippen LogP contribution in [0.4, 0.5) is 0 Å². The molecule has 0 spiro atoms. The first-order valence-electron chi connectivity index (χ1n) is 5.73. The largest absolute Gasteiger partial charge is 0.491 e. The van der Waals surface area contributed by atoms with Gasteiger partial charge in [-0.3, -0.25) is 4.79 Å². The zero-order valence-electron chi connectivity index (χ0n) is 10.6. The maximum Gasteiger partial charge on any atom is 0.243 e. The summed E-state index contributed by atoms with van der Waals surface area (Å²) in [6.07, 6.45) is 1.38. The van der Waals surface area contributed by atoms with Gasteiger partial charge in [-0.25, -0.2) is 0 Å². The van der Waals surface area contributed by atoms with E-state index in [1.54, 1.807) is 0 Å². The Labute approximate surface area is 102 Å². The Morgan fingerprint density at radius 3 is 2.59 bits per heavy atom. The predicted octanol–water partition coefficient (Wildman–Crippen LogP) is 2.84. The molecule has 1 aromatic carbocycles. The Kier molecular flexibility index (Phi) is 4.76. The third-order valence-corrected chi connectivity index (χ3v) is 2.29. The summed E-state index contributed by atoms with van der Waals surface area (Å²) >= 11 is 0. The molecule has 3 heteroatoms. The van der Waals surface area contributed by atoms with E-state index in [1.807, 2.05) is 45.0 Å². The lowest BCUT2D eigenvalue weighted by molar-refractivity contribution is -0.117. The molecule has 0 saturated carbocycles.